The summed E-state index contributed by atoms with van der Waals surface area (Å²) in [5, 5.41) is 24.3. The van der Waals surface area contributed by atoms with E-state index in [1.165, 1.54) is 16.7 Å². The Kier molecular flexibility index (Phi) is 1.25. The first kappa shape index (κ1) is 6.77. The van der Waals surface area contributed by atoms with Gasteiger partial charge < -0.3 is 10.8 Å². The molecule has 2 aliphatic heterocycles. The van der Waals surface area contributed by atoms with E-state index in [9.17, 15) is 5.11 Å². The molecule has 7 heteroatoms. The van der Waals surface area contributed by atoms with Gasteiger partial charge >= 0.3 is 0 Å². The third-order valence-electron chi connectivity index (χ3n) is 1.39. The summed E-state index contributed by atoms with van der Waals surface area (Å²) < 4.78 is 0. The summed E-state index contributed by atoms with van der Waals surface area (Å²) in [6.07, 6.45) is -1.18. The van der Waals surface area contributed by atoms with Gasteiger partial charge in [0.1, 0.15) is 5.82 Å². The predicted molar refractivity (Wildman–Crippen MR) is 38.8 cm³/mol. The Morgan fingerprint density at radius 1 is 1.73 bits per heavy atom. The molecule has 0 spiro atoms. The molecule has 1 unspecified atom stereocenters. The minimum Gasteiger partial charge on any atom is -0.384 e. The second kappa shape index (κ2) is 2.03. The van der Waals surface area contributed by atoms with Crippen molar-refractivity contribution >= 4 is 16.9 Å². The Bertz CT molecular complexity index is 252. The highest BCUT2D eigenvalue weighted by molar-refractivity contribution is 8.16. The minimum absolute atomic E-state index is 0.387. The van der Waals surface area contributed by atoms with Crippen molar-refractivity contribution in [1.29, 1.82) is 0 Å². The summed E-state index contributed by atoms with van der Waals surface area (Å²) in [4.78, 5) is 1.32. The van der Waals surface area contributed by atoms with Crippen molar-refractivity contribution in [2.45, 2.75) is 6.35 Å². The lowest BCUT2D eigenvalue weighted by Crippen LogP contribution is -2.39. The van der Waals surface area contributed by atoms with E-state index < -0.39 is 6.35 Å². The summed E-state index contributed by atoms with van der Waals surface area (Å²) in [6, 6.07) is 0. The number of amidine groups is 1. The lowest BCUT2D eigenvalue weighted by atomic mass is 10.7. The van der Waals surface area contributed by atoms with E-state index in [1.54, 1.807) is 5.41 Å². The molecule has 0 fully saturated rings. The van der Waals surface area contributed by atoms with Crippen molar-refractivity contribution in [3.63, 3.8) is 0 Å². The maximum Gasteiger partial charge on any atom is 0.256 e. The maximum atomic E-state index is 9.19. The van der Waals surface area contributed by atoms with Crippen molar-refractivity contribution in [3.05, 3.63) is 11.2 Å². The van der Waals surface area contributed by atoms with Gasteiger partial charge in [0.05, 0.1) is 0 Å². The van der Waals surface area contributed by atoms with Crippen molar-refractivity contribution in [3.8, 4) is 0 Å². The number of nitrogens with zero attached hydrogens (tertiary/aromatic N) is 3. The van der Waals surface area contributed by atoms with Crippen molar-refractivity contribution in [1.82, 2.24) is 10.1 Å². The van der Waals surface area contributed by atoms with Gasteiger partial charge in [0.25, 0.3) is 6.35 Å². The first-order chi connectivity index (χ1) is 5.20. The highest BCUT2D eigenvalue weighted by Crippen LogP contribution is 2.30. The number of nitrogens with two attached hydrogens (primary N) is 1. The quantitative estimate of drug-likeness (QED) is 0.439. The molecular weight excluding hydrogens is 168 g/mol. The highest BCUT2D eigenvalue weighted by Gasteiger charge is 2.37. The van der Waals surface area contributed by atoms with Gasteiger partial charge in [-0.15, -0.1) is 10.3 Å². The molecule has 11 heavy (non-hydrogen) atoms. The third-order valence-corrected chi connectivity index (χ3v) is 2.24. The number of fused-ring (bicyclic) bond motifs is 1. The zero-order valence-corrected chi connectivity index (χ0v) is 6.19. The first-order valence-corrected chi connectivity index (χ1v) is 3.74. The fourth-order valence-electron chi connectivity index (χ4n) is 0.884. The average Bonchev–Trinajstić information content (AvgIpc) is 2.41. The van der Waals surface area contributed by atoms with Gasteiger partial charge in [-0.1, -0.05) is 11.8 Å². The number of thioether (sulfide) groups is 1. The van der Waals surface area contributed by atoms with Crippen LogP contribution < -0.4 is 5.73 Å². The molecule has 2 heterocycles. The molecule has 2 aliphatic rings. The average molecular weight is 174 g/mol. The molecule has 0 saturated carbocycles. The SMILES string of the molecule is NC1=CSC2=NN(O)C(O)N12. The Morgan fingerprint density at radius 3 is 3.09 bits per heavy atom. The summed E-state index contributed by atoms with van der Waals surface area (Å²) >= 11 is 1.26. The summed E-state index contributed by atoms with van der Waals surface area (Å²) in [7, 11) is 0. The fourth-order valence-corrected chi connectivity index (χ4v) is 1.67. The third kappa shape index (κ3) is 0.785. The summed E-state index contributed by atoms with van der Waals surface area (Å²) in [5.74, 6) is 0.387. The Labute approximate surface area is 66.5 Å². The molecule has 2 rings (SSSR count). The highest BCUT2D eigenvalue weighted by atomic mass is 32.2. The first-order valence-electron chi connectivity index (χ1n) is 2.86. The molecule has 0 saturated heterocycles. The van der Waals surface area contributed by atoms with Crippen LogP contribution in [-0.2, 0) is 0 Å². The van der Waals surface area contributed by atoms with Crippen LogP contribution in [0.1, 0.15) is 0 Å². The number of hydrogen-bond acceptors (Lipinski definition) is 7. The molecule has 6 nitrogen and oxygen atoms in total. The standard InChI is InChI=1S/C4H6N4O2S/c5-2-1-11-3-6-8(10)4(9)7(2)3/h1,4,9-10H,5H2. The van der Waals surface area contributed by atoms with Gasteiger partial charge in [0.2, 0.25) is 0 Å². The van der Waals surface area contributed by atoms with E-state index in [-0.39, 0.29) is 0 Å². The molecule has 4 N–H and O–H groups in total. The predicted octanol–water partition coefficient (Wildman–Crippen LogP) is -0.956. The zero-order chi connectivity index (χ0) is 8.01. The van der Waals surface area contributed by atoms with Gasteiger partial charge in [-0.3, -0.25) is 10.1 Å². The minimum atomic E-state index is -1.18. The number of hydroxylamine groups is 1. The smallest absolute Gasteiger partial charge is 0.256 e. The van der Waals surface area contributed by atoms with Crippen LogP contribution in [0.4, 0.5) is 0 Å². The van der Waals surface area contributed by atoms with E-state index in [4.69, 9.17) is 10.9 Å². The lowest BCUT2D eigenvalue weighted by molar-refractivity contribution is -0.215. The van der Waals surface area contributed by atoms with E-state index in [0.717, 1.165) is 0 Å². The second-order valence-corrected chi connectivity index (χ2v) is 2.92. The normalized spacial score (nSPS) is 28.7. The molecule has 0 aliphatic carbocycles. The van der Waals surface area contributed by atoms with Crippen LogP contribution in [0.15, 0.2) is 16.3 Å². The van der Waals surface area contributed by atoms with Crippen LogP contribution in [0.3, 0.4) is 0 Å². The van der Waals surface area contributed by atoms with Crippen LogP contribution in [0.2, 0.25) is 0 Å². The van der Waals surface area contributed by atoms with E-state index in [2.05, 4.69) is 5.10 Å². The number of rotatable bonds is 0. The zero-order valence-electron chi connectivity index (χ0n) is 5.38. The van der Waals surface area contributed by atoms with Crippen molar-refractivity contribution in [2.75, 3.05) is 0 Å². The van der Waals surface area contributed by atoms with Crippen molar-refractivity contribution < 1.29 is 10.3 Å². The molecule has 0 aromatic heterocycles. The molecule has 0 bridgehead atoms. The lowest BCUT2D eigenvalue weighted by Gasteiger charge is -2.19. The van der Waals surface area contributed by atoms with E-state index in [0.29, 0.717) is 16.2 Å². The molecule has 1 atom stereocenters. The van der Waals surface area contributed by atoms with Gasteiger partial charge in [0.15, 0.2) is 5.17 Å². The maximum absolute atomic E-state index is 9.19. The largest absolute Gasteiger partial charge is 0.384 e. The number of hydrazone groups is 1. The van der Waals surface area contributed by atoms with Crippen LogP contribution in [0.5, 0.6) is 0 Å². The van der Waals surface area contributed by atoms with Crippen molar-refractivity contribution in [2.24, 2.45) is 10.8 Å². The number of aliphatic hydroxyl groups is 1. The second-order valence-electron chi connectivity index (χ2n) is 2.08. The van der Waals surface area contributed by atoms with E-state index in [1.807, 2.05) is 0 Å². The molecule has 0 aromatic rings. The Balaban J connectivity index is 2.30. The van der Waals surface area contributed by atoms with Gasteiger partial charge in [0, 0.05) is 5.41 Å². The monoisotopic (exact) mass is 174 g/mol. The van der Waals surface area contributed by atoms with Crippen LogP contribution >= 0.6 is 11.8 Å². The van der Waals surface area contributed by atoms with Gasteiger partial charge in [-0.25, -0.2) is 0 Å². The summed E-state index contributed by atoms with van der Waals surface area (Å²) in [6.45, 7) is 0. The fraction of sp³-hybridized carbons (Fsp3) is 0.250. The molecule has 60 valence electrons. The van der Waals surface area contributed by atoms with Crippen LogP contribution in [0, 0.1) is 0 Å². The van der Waals surface area contributed by atoms with Gasteiger partial charge in [-0.05, 0) is 0 Å². The summed E-state index contributed by atoms with van der Waals surface area (Å²) in [5.41, 5.74) is 5.46. The molecule has 0 aromatic carbocycles. The van der Waals surface area contributed by atoms with E-state index >= 15 is 0 Å². The molecule has 0 amide bonds. The van der Waals surface area contributed by atoms with Gasteiger partial charge in [-0.2, -0.15) is 0 Å². The Hall–Kier alpha value is -0.920. The number of hydrogen-bond donors (Lipinski definition) is 3. The molecular formula is C4H6N4O2S. The topological polar surface area (TPSA) is 85.3 Å². The van der Waals surface area contributed by atoms with Crippen LogP contribution in [-0.4, -0.2) is 31.9 Å². The molecule has 0 radical (unpaired) electrons. The Morgan fingerprint density at radius 2 is 2.45 bits per heavy atom. The van der Waals surface area contributed by atoms with Crippen LogP contribution in [0.25, 0.3) is 0 Å². The number of aliphatic hydroxyl groups excluding tert-OH is 1.